The first kappa shape index (κ1) is 16.9. The van der Waals surface area contributed by atoms with Gasteiger partial charge in [-0.3, -0.25) is 10.1 Å². The second-order valence-electron chi connectivity index (χ2n) is 4.28. The van der Waals surface area contributed by atoms with E-state index in [1.54, 1.807) is 12.1 Å². The topological polar surface area (TPSA) is 89.3 Å². The molecule has 6 nitrogen and oxygen atoms in total. The fourth-order valence-electron chi connectivity index (χ4n) is 1.59. The molecule has 20 heavy (non-hydrogen) atoms. The minimum atomic E-state index is -3.26. The van der Waals surface area contributed by atoms with Crippen molar-refractivity contribution >= 4 is 27.3 Å². The zero-order valence-corrected chi connectivity index (χ0v) is 12.5. The molecule has 0 bridgehead atoms. The number of unbranched alkanes of at least 4 members (excludes halogenated alkanes) is 1. The molecule has 112 valence electrons. The average molecular weight is 321 g/mol. The fourth-order valence-corrected chi connectivity index (χ4v) is 2.92. The van der Waals surface area contributed by atoms with Gasteiger partial charge in [-0.05, 0) is 24.8 Å². The van der Waals surface area contributed by atoms with Crippen molar-refractivity contribution in [2.75, 3.05) is 18.2 Å². The summed E-state index contributed by atoms with van der Waals surface area (Å²) in [5.41, 5.74) is 0.870. The molecule has 0 saturated heterocycles. The van der Waals surface area contributed by atoms with Gasteiger partial charge in [-0.2, -0.15) is 0 Å². The molecule has 0 aliphatic rings. The molecule has 1 N–H and O–H groups in total. The Morgan fingerprint density at radius 2 is 1.85 bits per heavy atom. The Bertz CT molecular complexity index is 531. The molecular weight excluding hydrogens is 304 g/mol. The van der Waals surface area contributed by atoms with E-state index in [4.69, 9.17) is 11.6 Å². The number of rotatable bonds is 9. The first-order valence-electron chi connectivity index (χ1n) is 6.21. The van der Waals surface area contributed by atoms with E-state index in [2.05, 4.69) is 4.72 Å². The van der Waals surface area contributed by atoms with Crippen LogP contribution in [0, 0.1) is 10.1 Å². The Morgan fingerprint density at radius 3 is 2.40 bits per heavy atom. The van der Waals surface area contributed by atoms with Gasteiger partial charge in [-0.1, -0.05) is 12.1 Å². The van der Waals surface area contributed by atoms with Crippen LogP contribution in [-0.4, -0.2) is 31.5 Å². The van der Waals surface area contributed by atoms with Crippen molar-refractivity contribution in [3.8, 4) is 0 Å². The van der Waals surface area contributed by atoms with E-state index in [1.807, 2.05) is 0 Å². The zero-order valence-electron chi connectivity index (χ0n) is 10.9. The third-order valence-electron chi connectivity index (χ3n) is 2.68. The predicted octanol–water partition coefficient (Wildman–Crippen LogP) is 2.08. The van der Waals surface area contributed by atoms with Gasteiger partial charge < -0.3 is 0 Å². The van der Waals surface area contributed by atoms with Crippen LogP contribution in [0.5, 0.6) is 0 Å². The Labute approximate surface area is 123 Å². The monoisotopic (exact) mass is 320 g/mol. The number of alkyl halides is 1. The quantitative estimate of drug-likeness (QED) is 0.326. The van der Waals surface area contributed by atoms with Crippen LogP contribution in [0.1, 0.15) is 18.4 Å². The summed E-state index contributed by atoms with van der Waals surface area (Å²) in [5, 5.41) is 10.5. The lowest BCUT2D eigenvalue weighted by Gasteiger charge is -2.06. The lowest BCUT2D eigenvalue weighted by molar-refractivity contribution is -0.384. The Morgan fingerprint density at radius 1 is 1.20 bits per heavy atom. The molecule has 1 rings (SSSR count). The smallest absolute Gasteiger partial charge is 0.258 e. The number of nitro benzene ring substituents is 1. The number of sulfonamides is 1. The highest BCUT2D eigenvalue weighted by Crippen LogP contribution is 2.12. The van der Waals surface area contributed by atoms with Crippen LogP contribution in [0.3, 0.4) is 0 Å². The van der Waals surface area contributed by atoms with E-state index >= 15 is 0 Å². The highest BCUT2D eigenvalue weighted by atomic mass is 35.5. The van der Waals surface area contributed by atoms with Gasteiger partial charge >= 0.3 is 0 Å². The van der Waals surface area contributed by atoms with E-state index in [0.717, 1.165) is 5.56 Å². The Balaban J connectivity index is 2.38. The SMILES string of the molecule is O=[N+]([O-])c1ccc(CCNS(=O)(=O)CCCCCl)cc1. The van der Waals surface area contributed by atoms with E-state index in [-0.39, 0.29) is 18.0 Å². The number of hydrogen-bond acceptors (Lipinski definition) is 4. The lowest BCUT2D eigenvalue weighted by Crippen LogP contribution is -2.28. The molecule has 0 radical (unpaired) electrons. The predicted molar refractivity (Wildman–Crippen MR) is 78.5 cm³/mol. The minimum Gasteiger partial charge on any atom is -0.258 e. The molecule has 0 heterocycles. The van der Waals surface area contributed by atoms with Gasteiger partial charge in [0, 0.05) is 24.6 Å². The maximum atomic E-state index is 11.6. The van der Waals surface area contributed by atoms with Crippen molar-refractivity contribution in [1.82, 2.24) is 4.72 Å². The van der Waals surface area contributed by atoms with Gasteiger partial charge in [0.2, 0.25) is 10.0 Å². The fraction of sp³-hybridized carbons (Fsp3) is 0.500. The van der Waals surface area contributed by atoms with Gasteiger partial charge in [0.25, 0.3) is 5.69 Å². The molecule has 0 aliphatic carbocycles. The van der Waals surface area contributed by atoms with E-state index in [9.17, 15) is 18.5 Å². The van der Waals surface area contributed by atoms with Crippen LogP contribution in [0.15, 0.2) is 24.3 Å². The van der Waals surface area contributed by atoms with Crippen LogP contribution in [0.25, 0.3) is 0 Å². The summed E-state index contributed by atoms with van der Waals surface area (Å²) in [6.45, 7) is 0.279. The summed E-state index contributed by atoms with van der Waals surface area (Å²) in [4.78, 5) is 10.0. The molecular formula is C12H17ClN2O4S. The number of benzene rings is 1. The van der Waals surface area contributed by atoms with Gasteiger partial charge in [0.1, 0.15) is 0 Å². The molecule has 0 saturated carbocycles. The van der Waals surface area contributed by atoms with Crippen molar-refractivity contribution in [3.05, 3.63) is 39.9 Å². The third-order valence-corrected chi connectivity index (χ3v) is 4.42. The van der Waals surface area contributed by atoms with Crippen molar-refractivity contribution in [1.29, 1.82) is 0 Å². The first-order chi connectivity index (χ1) is 9.44. The van der Waals surface area contributed by atoms with Crippen LogP contribution in [0.4, 0.5) is 5.69 Å². The summed E-state index contributed by atoms with van der Waals surface area (Å²) >= 11 is 5.49. The van der Waals surface area contributed by atoms with Crippen molar-refractivity contribution in [2.24, 2.45) is 0 Å². The maximum Gasteiger partial charge on any atom is 0.269 e. The van der Waals surface area contributed by atoms with Crippen molar-refractivity contribution in [3.63, 3.8) is 0 Å². The molecule has 0 aliphatic heterocycles. The second-order valence-corrected chi connectivity index (χ2v) is 6.59. The summed E-state index contributed by atoms with van der Waals surface area (Å²) in [6, 6.07) is 6.06. The molecule has 0 amide bonds. The van der Waals surface area contributed by atoms with Gasteiger partial charge in [-0.15, -0.1) is 11.6 Å². The van der Waals surface area contributed by atoms with Crippen LogP contribution >= 0.6 is 11.6 Å². The number of non-ortho nitro benzene ring substituents is 1. The van der Waals surface area contributed by atoms with E-state index < -0.39 is 14.9 Å². The largest absolute Gasteiger partial charge is 0.269 e. The highest BCUT2D eigenvalue weighted by Gasteiger charge is 2.09. The molecule has 0 fully saturated rings. The van der Waals surface area contributed by atoms with Crippen molar-refractivity contribution in [2.45, 2.75) is 19.3 Å². The average Bonchev–Trinajstić information content (AvgIpc) is 2.39. The van der Waals surface area contributed by atoms with Crippen LogP contribution in [-0.2, 0) is 16.4 Å². The third kappa shape index (κ3) is 6.31. The summed E-state index contributed by atoms with van der Waals surface area (Å²) in [5.74, 6) is 0.526. The van der Waals surface area contributed by atoms with E-state index in [0.29, 0.717) is 25.1 Å². The minimum absolute atomic E-state index is 0.0235. The molecule has 1 aromatic carbocycles. The lowest BCUT2D eigenvalue weighted by atomic mass is 10.1. The normalized spacial score (nSPS) is 11.4. The van der Waals surface area contributed by atoms with Gasteiger partial charge in [0.15, 0.2) is 0 Å². The summed E-state index contributed by atoms with van der Waals surface area (Å²) in [6.07, 6.45) is 1.70. The Hall–Kier alpha value is -1.18. The number of nitrogens with one attached hydrogen (secondary N) is 1. The van der Waals surface area contributed by atoms with E-state index in [1.165, 1.54) is 12.1 Å². The van der Waals surface area contributed by atoms with Crippen LogP contribution < -0.4 is 4.72 Å². The molecule has 0 atom stereocenters. The first-order valence-corrected chi connectivity index (χ1v) is 8.40. The standard InChI is InChI=1S/C12H17ClN2O4S/c13-8-1-2-10-20(18,19)14-9-7-11-3-5-12(6-4-11)15(16)17/h3-6,14H,1-2,7-10H2. The van der Waals surface area contributed by atoms with Crippen LogP contribution in [0.2, 0.25) is 0 Å². The zero-order chi connectivity index (χ0) is 15.0. The number of hydrogen-bond donors (Lipinski definition) is 1. The molecule has 8 heteroatoms. The number of halogens is 1. The number of nitro groups is 1. The molecule has 1 aromatic rings. The van der Waals surface area contributed by atoms with Crippen molar-refractivity contribution < 1.29 is 13.3 Å². The second kappa shape index (κ2) is 8.18. The summed E-state index contributed by atoms with van der Waals surface area (Å²) < 4.78 is 25.7. The molecule has 0 spiro atoms. The Kier molecular flexibility index (Phi) is 6.90. The van der Waals surface area contributed by atoms with Gasteiger partial charge in [-0.25, -0.2) is 13.1 Å². The summed E-state index contributed by atoms with van der Waals surface area (Å²) in [7, 11) is -3.26. The van der Waals surface area contributed by atoms with Gasteiger partial charge in [0.05, 0.1) is 10.7 Å². The highest BCUT2D eigenvalue weighted by molar-refractivity contribution is 7.89. The molecule has 0 aromatic heterocycles. The molecule has 0 unspecified atom stereocenters. The maximum absolute atomic E-state index is 11.6. The number of nitrogens with zero attached hydrogens (tertiary/aromatic N) is 1.